The summed E-state index contributed by atoms with van der Waals surface area (Å²) in [6.45, 7) is 3.65. The summed E-state index contributed by atoms with van der Waals surface area (Å²) in [6, 6.07) is 6.93. The summed E-state index contributed by atoms with van der Waals surface area (Å²) in [6.07, 6.45) is 0. The standard InChI is InChI=1S/C17H17N3O5S/c1-4-24-15(21)9-20-13-6-5-11(23-3)8-14(13)26-17(20)18-16(22)12-7-10(2)25-19-12/h5-8H,4,9H2,1-3H3. The fourth-order valence-corrected chi connectivity index (χ4v) is 3.42. The number of aromatic nitrogens is 2. The molecule has 0 aliphatic heterocycles. The van der Waals surface area contributed by atoms with E-state index in [0.29, 0.717) is 16.3 Å². The van der Waals surface area contributed by atoms with Gasteiger partial charge in [0.25, 0.3) is 0 Å². The van der Waals surface area contributed by atoms with Gasteiger partial charge in [-0.1, -0.05) is 16.5 Å². The minimum atomic E-state index is -0.544. The number of methoxy groups -OCH3 is 1. The van der Waals surface area contributed by atoms with Gasteiger partial charge in [-0.15, -0.1) is 0 Å². The van der Waals surface area contributed by atoms with E-state index in [-0.39, 0.29) is 18.8 Å². The number of carbonyl (C=O) groups is 2. The van der Waals surface area contributed by atoms with E-state index in [1.807, 2.05) is 12.1 Å². The number of carbonyl (C=O) groups excluding carboxylic acids is 2. The molecule has 0 saturated carbocycles. The van der Waals surface area contributed by atoms with Crippen LogP contribution < -0.4 is 9.54 Å². The fraction of sp³-hybridized carbons (Fsp3) is 0.294. The predicted molar refractivity (Wildman–Crippen MR) is 94.1 cm³/mol. The van der Waals surface area contributed by atoms with Gasteiger partial charge in [0.15, 0.2) is 10.5 Å². The third kappa shape index (κ3) is 3.67. The molecule has 2 heterocycles. The maximum Gasteiger partial charge on any atom is 0.326 e. The first-order valence-electron chi connectivity index (χ1n) is 7.87. The van der Waals surface area contributed by atoms with E-state index in [1.165, 1.54) is 17.4 Å². The van der Waals surface area contributed by atoms with Crippen LogP contribution >= 0.6 is 11.3 Å². The maximum absolute atomic E-state index is 12.4. The van der Waals surface area contributed by atoms with Crippen LogP contribution in [0.5, 0.6) is 5.75 Å². The highest BCUT2D eigenvalue weighted by molar-refractivity contribution is 7.16. The Morgan fingerprint density at radius 3 is 2.81 bits per heavy atom. The fourth-order valence-electron chi connectivity index (χ4n) is 2.37. The van der Waals surface area contributed by atoms with Crippen LogP contribution in [0, 0.1) is 6.92 Å². The van der Waals surface area contributed by atoms with Crippen molar-refractivity contribution in [1.29, 1.82) is 0 Å². The van der Waals surface area contributed by atoms with E-state index in [1.54, 1.807) is 31.6 Å². The van der Waals surface area contributed by atoms with Crippen LogP contribution in [0.2, 0.25) is 0 Å². The van der Waals surface area contributed by atoms with Crippen molar-refractivity contribution in [3.05, 3.63) is 40.5 Å². The van der Waals surface area contributed by atoms with Crippen LogP contribution in [0.25, 0.3) is 10.2 Å². The molecule has 9 heteroatoms. The summed E-state index contributed by atoms with van der Waals surface area (Å²) in [5.41, 5.74) is 0.868. The lowest BCUT2D eigenvalue weighted by Crippen LogP contribution is -2.23. The molecule has 0 fully saturated rings. The highest BCUT2D eigenvalue weighted by atomic mass is 32.1. The normalized spacial score (nSPS) is 11.7. The lowest BCUT2D eigenvalue weighted by atomic mass is 10.3. The molecular formula is C17H17N3O5S. The number of aryl methyl sites for hydroxylation is 1. The maximum atomic E-state index is 12.4. The van der Waals surface area contributed by atoms with E-state index in [2.05, 4.69) is 10.1 Å². The molecular weight excluding hydrogens is 358 g/mol. The molecule has 1 amide bonds. The lowest BCUT2D eigenvalue weighted by molar-refractivity contribution is -0.143. The highest BCUT2D eigenvalue weighted by Crippen LogP contribution is 2.23. The monoisotopic (exact) mass is 375 g/mol. The molecule has 0 N–H and O–H groups in total. The van der Waals surface area contributed by atoms with Gasteiger partial charge >= 0.3 is 11.9 Å². The van der Waals surface area contributed by atoms with Gasteiger partial charge in [0.05, 0.1) is 23.9 Å². The smallest absolute Gasteiger partial charge is 0.326 e. The Balaban J connectivity index is 2.10. The van der Waals surface area contributed by atoms with Crippen molar-refractivity contribution >= 4 is 33.4 Å². The number of benzene rings is 1. The van der Waals surface area contributed by atoms with Gasteiger partial charge in [-0.25, -0.2) is 0 Å². The molecule has 1 aromatic carbocycles. The minimum Gasteiger partial charge on any atom is -0.497 e. The van der Waals surface area contributed by atoms with E-state index in [0.717, 1.165) is 10.2 Å². The van der Waals surface area contributed by atoms with Crippen LogP contribution in [-0.2, 0) is 16.1 Å². The number of hydrogen-bond acceptors (Lipinski definition) is 7. The molecule has 0 saturated heterocycles. The molecule has 26 heavy (non-hydrogen) atoms. The molecule has 2 aromatic heterocycles. The zero-order chi connectivity index (χ0) is 18.7. The number of hydrogen-bond donors (Lipinski definition) is 0. The molecule has 136 valence electrons. The van der Waals surface area contributed by atoms with Crippen molar-refractivity contribution in [3.63, 3.8) is 0 Å². The molecule has 0 aliphatic rings. The van der Waals surface area contributed by atoms with Crippen LogP contribution in [0.3, 0.4) is 0 Å². The van der Waals surface area contributed by atoms with Crippen molar-refractivity contribution in [2.24, 2.45) is 4.99 Å². The number of thiazole rings is 1. The second-order valence-electron chi connectivity index (χ2n) is 5.35. The average Bonchev–Trinajstić information content (AvgIpc) is 3.19. The first-order valence-corrected chi connectivity index (χ1v) is 8.69. The average molecular weight is 375 g/mol. The first kappa shape index (κ1) is 17.9. The summed E-state index contributed by atoms with van der Waals surface area (Å²) < 4.78 is 17.6. The molecule has 0 aliphatic carbocycles. The van der Waals surface area contributed by atoms with Crippen LogP contribution in [0.15, 0.2) is 33.8 Å². The molecule has 3 rings (SSSR count). The Kier molecular flexibility index (Phi) is 5.17. The Labute approximate surface area is 152 Å². The van der Waals surface area contributed by atoms with Crippen molar-refractivity contribution < 1.29 is 23.6 Å². The summed E-state index contributed by atoms with van der Waals surface area (Å²) in [4.78, 5) is 28.8. The van der Waals surface area contributed by atoms with Crippen molar-refractivity contribution in [2.45, 2.75) is 20.4 Å². The molecule has 0 atom stereocenters. The SMILES string of the molecule is CCOC(=O)Cn1c(=NC(=O)c2cc(C)on2)sc2cc(OC)ccc21. The number of fused-ring (bicyclic) bond motifs is 1. The van der Waals surface area contributed by atoms with Crippen molar-refractivity contribution in [3.8, 4) is 5.75 Å². The summed E-state index contributed by atoms with van der Waals surface area (Å²) >= 11 is 1.27. The Hall–Kier alpha value is -2.94. The topological polar surface area (TPSA) is 95.9 Å². The third-order valence-corrected chi connectivity index (χ3v) is 4.57. The third-order valence-electron chi connectivity index (χ3n) is 3.53. The van der Waals surface area contributed by atoms with Gasteiger partial charge in [0.2, 0.25) is 0 Å². The van der Waals surface area contributed by atoms with E-state index in [9.17, 15) is 9.59 Å². The molecule has 0 unspecified atom stereocenters. The summed E-state index contributed by atoms with van der Waals surface area (Å²) in [7, 11) is 1.57. The van der Waals surface area contributed by atoms with Gasteiger partial charge in [-0.2, -0.15) is 4.99 Å². The highest BCUT2D eigenvalue weighted by Gasteiger charge is 2.15. The van der Waals surface area contributed by atoms with Gasteiger partial charge in [0, 0.05) is 6.07 Å². The van der Waals surface area contributed by atoms with Gasteiger partial charge in [-0.05, 0) is 32.0 Å². The molecule has 8 nitrogen and oxygen atoms in total. The lowest BCUT2D eigenvalue weighted by Gasteiger charge is -2.05. The largest absolute Gasteiger partial charge is 0.497 e. The first-order chi connectivity index (χ1) is 12.5. The number of nitrogens with zero attached hydrogens (tertiary/aromatic N) is 3. The number of rotatable bonds is 5. The Morgan fingerprint density at radius 2 is 2.15 bits per heavy atom. The van der Waals surface area contributed by atoms with Crippen molar-refractivity contribution in [2.75, 3.05) is 13.7 Å². The molecule has 0 radical (unpaired) electrons. The summed E-state index contributed by atoms with van der Waals surface area (Å²) in [5.74, 6) is 0.239. The second-order valence-corrected chi connectivity index (χ2v) is 6.36. The molecule has 0 spiro atoms. The van der Waals surface area contributed by atoms with Gasteiger partial charge < -0.3 is 18.6 Å². The van der Waals surface area contributed by atoms with Crippen LogP contribution in [0.1, 0.15) is 23.2 Å². The van der Waals surface area contributed by atoms with E-state index >= 15 is 0 Å². The zero-order valence-electron chi connectivity index (χ0n) is 14.5. The summed E-state index contributed by atoms with van der Waals surface area (Å²) in [5, 5.41) is 3.68. The molecule has 3 aromatic rings. The van der Waals surface area contributed by atoms with Crippen LogP contribution in [0.4, 0.5) is 0 Å². The van der Waals surface area contributed by atoms with Crippen molar-refractivity contribution in [1.82, 2.24) is 9.72 Å². The number of ether oxygens (including phenoxy) is 2. The predicted octanol–water partition coefficient (Wildman–Crippen LogP) is 2.31. The quantitative estimate of drug-likeness (QED) is 0.635. The second kappa shape index (κ2) is 7.52. The number of amides is 1. The Bertz CT molecular complexity index is 1030. The molecule has 0 bridgehead atoms. The van der Waals surface area contributed by atoms with E-state index < -0.39 is 11.9 Å². The Morgan fingerprint density at radius 1 is 1.35 bits per heavy atom. The van der Waals surface area contributed by atoms with Gasteiger partial charge in [-0.3, -0.25) is 9.59 Å². The van der Waals surface area contributed by atoms with Crippen LogP contribution in [-0.4, -0.2) is 35.3 Å². The van der Waals surface area contributed by atoms with Gasteiger partial charge in [0.1, 0.15) is 18.1 Å². The minimum absolute atomic E-state index is 0.0515. The number of esters is 1. The zero-order valence-corrected chi connectivity index (χ0v) is 15.3. The van der Waals surface area contributed by atoms with E-state index in [4.69, 9.17) is 14.0 Å².